The van der Waals surface area contributed by atoms with E-state index in [0.717, 1.165) is 16.7 Å². The number of ether oxygens (including phenoxy) is 1. The van der Waals surface area contributed by atoms with Crippen LogP contribution in [-0.2, 0) is 22.6 Å². The van der Waals surface area contributed by atoms with Crippen LogP contribution in [0.3, 0.4) is 0 Å². The zero-order valence-electron chi connectivity index (χ0n) is 19.5. The van der Waals surface area contributed by atoms with Crippen LogP contribution in [0.25, 0.3) is 0 Å². The minimum Gasteiger partial charge on any atom is -0.484 e. The van der Waals surface area contributed by atoms with E-state index in [0.29, 0.717) is 16.3 Å². The fraction of sp³-hybridized carbons (Fsp3) is 0.259. The number of likely N-dealkylation sites (N-methyl/N-ethyl adjacent to an activating group) is 1. The molecule has 0 saturated carbocycles. The van der Waals surface area contributed by atoms with Crippen LogP contribution in [0.2, 0.25) is 5.02 Å². The molecule has 0 radical (unpaired) electrons. The normalized spacial score (nSPS) is 11.6. The lowest BCUT2D eigenvalue weighted by atomic mass is 10.0. The molecule has 1 atom stereocenters. The van der Waals surface area contributed by atoms with Crippen molar-refractivity contribution in [1.82, 2.24) is 10.2 Å². The Morgan fingerprint density at radius 2 is 1.65 bits per heavy atom. The Morgan fingerprint density at radius 1 is 1.03 bits per heavy atom. The maximum absolute atomic E-state index is 14.5. The lowest BCUT2D eigenvalue weighted by Gasteiger charge is -2.31. The standard InChI is InChI=1S/C27H28ClFN2O3/c1-18-13-22(14-19(2)26(18)28)34-17-25(32)31(16-21-11-7-8-12-23(21)29)24(27(33)30-3)15-20-9-5-4-6-10-20/h4-14,24H,15-17H2,1-3H3,(H,30,33)/t24-/m1/s1. The van der Waals surface area contributed by atoms with Gasteiger partial charge in [0.1, 0.15) is 17.6 Å². The molecule has 0 saturated heterocycles. The highest BCUT2D eigenvalue weighted by Crippen LogP contribution is 2.26. The van der Waals surface area contributed by atoms with E-state index in [1.165, 1.54) is 18.0 Å². The molecule has 0 bridgehead atoms. The molecule has 5 nitrogen and oxygen atoms in total. The van der Waals surface area contributed by atoms with Gasteiger partial charge in [0.2, 0.25) is 5.91 Å². The highest BCUT2D eigenvalue weighted by Gasteiger charge is 2.30. The van der Waals surface area contributed by atoms with Gasteiger partial charge in [-0.25, -0.2) is 4.39 Å². The molecule has 1 N–H and O–H groups in total. The summed E-state index contributed by atoms with van der Waals surface area (Å²) < 4.78 is 20.3. The van der Waals surface area contributed by atoms with Crippen molar-refractivity contribution in [3.63, 3.8) is 0 Å². The Morgan fingerprint density at radius 3 is 2.26 bits per heavy atom. The molecule has 3 aromatic rings. The fourth-order valence-corrected chi connectivity index (χ4v) is 3.86. The number of amides is 2. The van der Waals surface area contributed by atoms with Gasteiger partial charge in [-0.2, -0.15) is 0 Å². The second-order valence-corrected chi connectivity index (χ2v) is 8.47. The molecule has 0 fully saturated rings. The second-order valence-electron chi connectivity index (χ2n) is 8.09. The number of halogens is 2. The Bertz CT molecular complexity index is 1130. The third-order valence-corrected chi connectivity index (χ3v) is 6.18. The van der Waals surface area contributed by atoms with E-state index in [4.69, 9.17) is 16.3 Å². The number of hydrogen-bond donors (Lipinski definition) is 1. The first-order valence-corrected chi connectivity index (χ1v) is 11.4. The number of nitrogens with one attached hydrogen (secondary N) is 1. The molecule has 0 aromatic heterocycles. The lowest BCUT2D eigenvalue weighted by Crippen LogP contribution is -2.51. The summed E-state index contributed by atoms with van der Waals surface area (Å²) in [4.78, 5) is 27.7. The third kappa shape index (κ3) is 6.35. The van der Waals surface area contributed by atoms with Crippen LogP contribution in [-0.4, -0.2) is 36.4 Å². The molecule has 7 heteroatoms. The van der Waals surface area contributed by atoms with Gasteiger partial charge in [0, 0.05) is 30.6 Å². The van der Waals surface area contributed by atoms with Gasteiger partial charge >= 0.3 is 0 Å². The first kappa shape index (κ1) is 25.2. The van der Waals surface area contributed by atoms with Gasteiger partial charge < -0.3 is 15.0 Å². The van der Waals surface area contributed by atoms with E-state index in [-0.39, 0.29) is 25.5 Å². The highest BCUT2D eigenvalue weighted by molar-refractivity contribution is 6.32. The smallest absolute Gasteiger partial charge is 0.261 e. The average molecular weight is 483 g/mol. The molecule has 0 aliphatic heterocycles. The van der Waals surface area contributed by atoms with E-state index < -0.39 is 17.8 Å². The van der Waals surface area contributed by atoms with E-state index in [9.17, 15) is 14.0 Å². The number of hydrogen-bond acceptors (Lipinski definition) is 3. The fourth-order valence-electron chi connectivity index (χ4n) is 3.75. The maximum Gasteiger partial charge on any atom is 0.261 e. The van der Waals surface area contributed by atoms with Gasteiger partial charge in [-0.3, -0.25) is 9.59 Å². The molecule has 2 amide bonds. The summed E-state index contributed by atoms with van der Waals surface area (Å²) in [5, 5.41) is 3.28. The van der Waals surface area contributed by atoms with Gasteiger partial charge in [0.15, 0.2) is 6.61 Å². The summed E-state index contributed by atoms with van der Waals surface area (Å²) in [6, 6.07) is 18.3. The number of rotatable bonds is 9. The lowest BCUT2D eigenvalue weighted by molar-refractivity contribution is -0.142. The van der Waals surface area contributed by atoms with Crippen molar-refractivity contribution in [2.75, 3.05) is 13.7 Å². The van der Waals surface area contributed by atoms with E-state index in [1.807, 2.05) is 44.2 Å². The molecule has 3 rings (SSSR count). The molecule has 34 heavy (non-hydrogen) atoms. The SMILES string of the molecule is CNC(=O)[C@@H](Cc1ccccc1)N(Cc1ccccc1F)C(=O)COc1cc(C)c(Cl)c(C)c1. The molecule has 0 unspecified atom stereocenters. The van der Waals surface area contributed by atoms with Crippen molar-refractivity contribution in [3.05, 3.63) is 99.8 Å². The van der Waals surface area contributed by atoms with Gasteiger partial charge in [-0.15, -0.1) is 0 Å². The van der Waals surface area contributed by atoms with E-state index >= 15 is 0 Å². The van der Waals surface area contributed by atoms with Crippen molar-refractivity contribution in [2.45, 2.75) is 32.9 Å². The summed E-state index contributed by atoms with van der Waals surface area (Å²) in [6.45, 7) is 3.33. The zero-order valence-corrected chi connectivity index (χ0v) is 20.2. The topological polar surface area (TPSA) is 58.6 Å². The van der Waals surface area contributed by atoms with Crippen LogP contribution in [0.1, 0.15) is 22.3 Å². The summed E-state index contributed by atoms with van der Waals surface area (Å²) >= 11 is 6.23. The molecule has 0 spiro atoms. The monoisotopic (exact) mass is 482 g/mol. The molecular formula is C27H28ClFN2O3. The van der Waals surface area contributed by atoms with Crippen molar-refractivity contribution in [3.8, 4) is 5.75 Å². The van der Waals surface area contributed by atoms with Crippen LogP contribution in [0.5, 0.6) is 5.75 Å². The number of carbonyl (C=O) groups excluding carboxylic acids is 2. The number of carbonyl (C=O) groups is 2. The predicted molar refractivity (Wildman–Crippen MR) is 131 cm³/mol. The van der Waals surface area contributed by atoms with E-state index in [1.54, 1.807) is 30.3 Å². The van der Waals surface area contributed by atoms with Crippen molar-refractivity contribution in [1.29, 1.82) is 0 Å². The van der Waals surface area contributed by atoms with Gasteiger partial charge in [-0.1, -0.05) is 60.1 Å². The molecule has 0 heterocycles. The van der Waals surface area contributed by atoms with Crippen LogP contribution >= 0.6 is 11.6 Å². The summed E-state index contributed by atoms with van der Waals surface area (Å²) in [5.74, 6) is -0.719. The molecule has 178 valence electrons. The van der Waals surface area contributed by atoms with Gasteiger partial charge in [-0.05, 0) is 48.7 Å². The molecular weight excluding hydrogens is 455 g/mol. The van der Waals surface area contributed by atoms with Crippen LogP contribution in [0.15, 0.2) is 66.7 Å². The Balaban J connectivity index is 1.90. The Kier molecular flexibility index (Phi) is 8.66. The van der Waals surface area contributed by atoms with Crippen LogP contribution in [0.4, 0.5) is 4.39 Å². The second kappa shape index (κ2) is 11.7. The molecule has 0 aliphatic rings. The van der Waals surface area contributed by atoms with Crippen LogP contribution in [0, 0.1) is 19.7 Å². The molecule has 3 aromatic carbocycles. The number of nitrogens with zero attached hydrogens (tertiary/aromatic N) is 1. The van der Waals surface area contributed by atoms with Crippen molar-refractivity contribution in [2.24, 2.45) is 0 Å². The molecule has 0 aliphatic carbocycles. The predicted octanol–water partition coefficient (Wildman–Crippen LogP) is 4.86. The van der Waals surface area contributed by atoms with Crippen molar-refractivity contribution < 1.29 is 18.7 Å². The van der Waals surface area contributed by atoms with Gasteiger partial charge in [0.25, 0.3) is 5.91 Å². The van der Waals surface area contributed by atoms with E-state index in [2.05, 4.69) is 5.32 Å². The maximum atomic E-state index is 14.5. The largest absolute Gasteiger partial charge is 0.484 e. The van der Waals surface area contributed by atoms with Crippen LogP contribution < -0.4 is 10.1 Å². The first-order valence-electron chi connectivity index (χ1n) is 11.0. The third-order valence-electron chi connectivity index (χ3n) is 5.59. The number of aryl methyl sites for hydroxylation is 2. The highest BCUT2D eigenvalue weighted by atomic mass is 35.5. The average Bonchev–Trinajstić information content (AvgIpc) is 2.84. The quantitative estimate of drug-likeness (QED) is 0.474. The number of benzene rings is 3. The Labute approximate surface area is 204 Å². The van der Waals surface area contributed by atoms with Crippen molar-refractivity contribution >= 4 is 23.4 Å². The summed E-state index contributed by atoms with van der Waals surface area (Å²) in [6.07, 6.45) is 0.278. The first-order chi connectivity index (χ1) is 16.3. The minimum atomic E-state index is -0.850. The van der Waals surface area contributed by atoms with Gasteiger partial charge in [0.05, 0.1) is 0 Å². The summed E-state index contributed by atoms with van der Waals surface area (Å²) in [7, 11) is 1.52. The Hall–Kier alpha value is -3.38. The minimum absolute atomic E-state index is 0.0710. The zero-order chi connectivity index (χ0) is 24.7. The summed E-state index contributed by atoms with van der Waals surface area (Å²) in [5.41, 5.74) is 2.86.